The summed E-state index contributed by atoms with van der Waals surface area (Å²) in [4.78, 5) is 23.5. The summed E-state index contributed by atoms with van der Waals surface area (Å²) in [5.41, 5.74) is 1.83. The van der Waals surface area contributed by atoms with Gasteiger partial charge in [0.05, 0.1) is 5.92 Å². The van der Waals surface area contributed by atoms with Gasteiger partial charge in [-0.3, -0.25) is 9.59 Å². The molecule has 22 heavy (non-hydrogen) atoms. The van der Waals surface area contributed by atoms with E-state index in [9.17, 15) is 19.1 Å². The Bertz CT molecular complexity index is 692. The van der Waals surface area contributed by atoms with Crippen molar-refractivity contribution in [1.29, 1.82) is 0 Å². The Morgan fingerprint density at radius 1 is 1.23 bits per heavy atom. The van der Waals surface area contributed by atoms with E-state index >= 15 is 0 Å². The number of nitrogens with one attached hydrogen (secondary N) is 1. The summed E-state index contributed by atoms with van der Waals surface area (Å²) in [5, 5.41) is 11.9. The fourth-order valence-electron chi connectivity index (χ4n) is 2.17. The molecule has 1 heterocycles. The molecule has 5 nitrogen and oxygen atoms in total. The number of hydrogen-bond donors (Lipinski definition) is 2. The lowest BCUT2D eigenvalue weighted by Crippen LogP contribution is -2.32. The highest BCUT2D eigenvalue weighted by molar-refractivity contribution is 5.93. The zero-order valence-corrected chi connectivity index (χ0v) is 12.3. The Labute approximate surface area is 127 Å². The molecule has 0 spiro atoms. The molecule has 0 radical (unpaired) electrons. The van der Waals surface area contributed by atoms with Crippen LogP contribution < -0.4 is 5.32 Å². The van der Waals surface area contributed by atoms with Crippen LogP contribution in [0.25, 0.3) is 0 Å². The summed E-state index contributed by atoms with van der Waals surface area (Å²) in [6.07, 6.45) is 0. The second-order valence-electron chi connectivity index (χ2n) is 5.07. The molecule has 0 bridgehead atoms. The molecule has 1 atom stereocenters. The van der Waals surface area contributed by atoms with Crippen molar-refractivity contribution in [3.05, 3.63) is 59.2 Å². The molecule has 0 fully saturated rings. The second kappa shape index (κ2) is 6.43. The maximum atomic E-state index is 12.9. The zero-order chi connectivity index (χ0) is 16.3. The highest BCUT2D eigenvalue weighted by Gasteiger charge is 2.21. The van der Waals surface area contributed by atoms with E-state index in [-0.39, 0.29) is 12.5 Å². The molecule has 2 rings (SSSR count). The van der Waals surface area contributed by atoms with Gasteiger partial charge >= 0.3 is 5.97 Å². The molecular formula is C16H17FN2O3. The van der Waals surface area contributed by atoms with Gasteiger partial charge in [0.1, 0.15) is 11.5 Å². The van der Waals surface area contributed by atoms with Gasteiger partial charge in [-0.1, -0.05) is 12.1 Å². The van der Waals surface area contributed by atoms with Crippen LogP contribution in [0.4, 0.5) is 4.39 Å². The van der Waals surface area contributed by atoms with Gasteiger partial charge in [0.2, 0.25) is 0 Å². The smallest absolute Gasteiger partial charge is 0.312 e. The van der Waals surface area contributed by atoms with E-state index in [1.807, 2.05) is 13.0 Å². The number of hydrogen-bond acceptors (Lipinski definition) is 2. The van der Waals surface area contributed by atoms with Crippen molar-refractivity contribution in [3.8, 4) is 0 Å². The van der Waals surface area contributed by atoms with Gasteiger partial charge in [-0.25, -0.2) is 4.39 Å². The summed E-state index contributed by atoms with van der Waals surface area (Å²) in [6, 6.07) is 8.71. The average molecular weight is 304 g/mol. The molecule has 1 aromatic heterocycles. The molecule has 0 aliphatic heterocycles. The predicted molar refractivity (Wildman–Crippen MR) is 79.3 cm³/mol. The lowest BCUT2D eigenvalue weighted by atomic mass is 9.99. The minimum atomic E-state index is -1.07. The van der Waals surface area contributed by atoms with Gasteiger partial charge in [-0.2, -0.15) is 0 Å². The Kier molecular flexibility index (Phi) is 4.60. The van der Waals surface area contributed by atoms with E-state index in [1.165, 1.54) is 24.3 Å². The minimum absolute atomic E-state index is 0.0654. The predicted octanol–water partition coefficient (Wildman–Crippen LogP) is 2.07. The number of aryl methyl sites for hydroxylation is 1. The zero-order valence-electron chi connectivity index (χ0n) is 12.3. The van der Waals surface area contributed by atoms with Crippen molar-refractivity contribution >= 4 is 11.9 Å². The van der Waals surface area contributed by atoms with Gasteiger partial charge in [0.15, 0.2) is 0 Å². The molecule has 6 heteroatoms. The summed E-state index contributed by atoms with van der Waals surface area (Å²) < 4.78 is 14.6. The third-order valence-electron chi connectivity index (χ3n) is 3.64. The van der Waals surface area contributed by atoms with Crippen LogP contribution in [0.5, 0.6) is 0 Å². The summed E-state index contributed by atoms with van der Waals surface area (Å²) in [6.45, 7) is 1.80. The number of carbonyl (C=O) groups excluding carboxylic acids is 1. The first-order chi connectivity index (χ1) is 10.4. The Morgan fingerprint density at radius 3 is 2.36 bits per heavy atom. The number of aliphatic carboxylic acids is 1. The molecule has 116 valence electrons. The maximum absolute atomic E-state index is 12.9. The summed E-state index contributed by atoms with van der Waals surface area (Å²) in [7, 11) is 1.76. The number of nitrogens with zero attached hydrogens (tertiary/aromatic N) is 1. The number of carbonyl (C=O) groups is 2. The molecule has 2 aromatic rings. The van der Waals surface area contributed by atoms with E-state index in [0.29, 0.717) is 11.3 Å². The van der Waals surface area contributed by atoms with Gasteiger partial charge in [0.25, 0.3) is 5.91 Å². The first kappa shape index (κ1) is 15.8. The Hall–Kier alpha value is -2.63. The van der Waals surface area contributed by atoms with E-state index in [0.717, 1.165) is 5.69 Å². The molecule has 1 aromatic carbocycles. The van der Waals surface area contributed by atoms with Crippen molar-refractivity contribution in [2.75, 3.05) is 6.54 Å². The number of aromatic nitrogens is 1. The minimum Gasteiger partial charge on any atom is -0.481 e. The van der Waals surface area contributed by atoms with Crippen LogP contribution in [0.15, 0.2) is 36.4 Å². The molecule has 2 N–H and O–H groups in total. The van der Waals surface area contributed by atoms with Gasteiger partial charge in [0, 0.05) is 19.3 Å². The van der Waals surface area contributed by atoms with E-state index in [1.54, 1.807) is 17.7 Å². The van der Waals surface area contributed by atoms with Crippen molar-refractivity contribution in [2.24, 2.45) is 7.05 Å². The average Bonchev–Trinajstić information content (AvgIpc) is 2.80. The molecule has 0 aliphatic rings. The molecule has 0 saturated carbocycles. The number of halogens is 1. The van der Waals surface area contributed by atoms with E-state index < -0.39 is 17.7 Å². The van der Waals surface area contributed by atoms with Crippen molar-refractivity contribution in [3.63, 3.8) is 0 Å². The van der Waals surface area contributed by atoms with Crippen molar-refractivity contribution in [2.45, 2.75) is 12.8 Å². The quantitative estimate of drug-likeness (QED) is 0.888. The number of rotatable bonds is 5. The van der Waals surface area contributed by atoms with E-state index in [4.69, 9.17) is 0 Å². The largest absolute Gasteiger partial charge is 0.481 e. The Morgan fingerprint density at radius 2 is 1.86 bits per heavy atom. The first-order valence-corrected chi connectivity index (χ1v) is 6.79. The first-order valence-electron chi connectivity index (χ1n) is 6.79. The maximum Gasteiger partial charge on any atom is 0.312 e. The number of amides is 1. The van der Waals surface area contributed by atoms with Crippen LogP contribution in [0.3, 0.4) is 0 Å². The van der Waals surface area contributed by atoms with E-state index in [2.05, 4.69) is 5.32 Å². The van der Waals surface area contributed by atoms with Crippen LogP contribution in [-0.4, -0.2) is 28.1 Å². The van der Waals surface area contributed by atoms with Crippen LogP contribution in [0.1, 0.15) is 27.7 Å². The molecule has 1 unspecified atom stereocenters. The Balaban J connectivity index is 2.09. The number of carboxylic acids is 1. The van der Waals surface area contributed by atoms with Crippen LogP contribution >= 0.6 is 0 Å². The van der Waals surface area contributed by atoms with Crippen LogP contribution in [0, 0.1) is 12.7 Å². The normalized spacial score (nSPS) is 12.0. The van der Waals surface area contributed by atoms with Crippen LogP contribution in [0.2, 0.25) is 0 Å². The molecule has 0 saturated heterocycles. The third-order valence-corrected chi connectivity index (χ3v) is 3.64. The third kappa shape index (κ3) is 3.33. The fraction of sp³-hybridized carbons (Fsp3) is 0.250. The monoisotopic (exact) mass is 304 g/mol. The lowest BCUT2D eigenvalue weighted by Gasteiger charge is -2.14. The number of carboxylic acid groups (broad SMARTS) is 1. The van der Waals surface area contributed by atoms with Crippen molar-refractivity contribution in [1.82, 2.24) is 9.88 Å². The fourth-order valence-corrected chi connectivity index (χ4v) is 2.17. The highest BCUT2D eigenvalue weighted by atomic mass is 19.1. The second-order valence-corrected chi connectivity index (χ2v) is 5.07. The van der Waals surface area contributed by atoms with Crippen LogP contribution in [-0.2, 0) is 11.8 Å². The topological polar surface area (TPSA) is 71.3 Å². The highest BCUT2D eigenvalue weighted by Crippen LogP contribution is 2.16. The lowest BCUT2D eigenvalue weighted by molar-refractivity contribution is -0.138. The van der Waals surface area contributed by atoms with Gasteiger partial charge in [-0.05, 0) is 36.8 Å². The summed E-state index contributed by atoms with van der Waals surface area (Å²) >= 11 is 0. The van der Waals surface area contributed by atoms with Gasteiger partial charge in [-0.15, -0.1) is 0 Å². The van der Waals surface area contributed by atoms with Gasteiger partial charge < -0.3 is 15.0 Å². The molecule has 0 aliphatic carbocycles. The standard InChI is InChI=1S/C16H17FN2O3/c1-10-3-8-14(19(10)2)15(20)18-9-13(16(21)22)11-4-6-12(17)7-5-11/h3-8,13H,9H2,1-2H3,(H,18,20)(H,21,22). The SMILES string of the molecule is Cc1ccc(C(=O)NCC(C(=O)O)c2ccc(F)cc2)n1C. The van der Waals surface area contributed by atoms with Crippen molar-refractivity contribution < 1.29 is 19.1 Å². The molecular weight excluding hydrogens is 287 g/mol. The molecule has 1 amide bonds. The number of benzene rings is 1. The summed E-state index contributed by atoms with van der Waals surface area (Å²) in [5.74, 6) is -2.78.